The van der Waals surface area contributed by atoms with Crippen LogP contribution >= 0.6 is 15.9 Å². The molecule has 0 spiro atoms. The number of rotatable bonds is 2. The van der Waals surface area contributed by atoms with Crippen LogP contribution in [0.3, 0.4) is 0 Å². The van der Waals surface area contributed by atoms with E-state index in [9.17, 15) is 4.79 Å². The van der Waals surface area contributed by atoms with E-state index in [-0.39, 0.29) is 12.0 Å². The van der Waals surface area contributed by atoms with Crippen molar-refractivity contribution in [2.45, 2.75) is 32.8 Å². The molecular weight excluding hydrogens is 282 g/mol. The summed E-state index contributed by atoms with van der Waals surface area (Å²) in [6.45, 7) is 4.71. The third kappa shape index (κ3) is 2.87. The van der Waals surface area contributed by atoms with Gasteiger partial charge in [0, 0.05) is 11.1 Å². The Morgan fingerprint density at radius 2 is 2.24 bits per heavy atom. The fraction of sp³-hybridized carbons (Fsp3) is 0.462. The smallest absolute Gasteiger partial charge is 0.253 e. The molecule has 3 nitrogen and oxygen atoms in total. The van der Waals surface area contributed by atoms with Crippen LogP contribution in [0.2, 0.25) is 0 Å². The number of aryl methyl sites for hydroxylation is 2. The molecule has 0 saturated carbocycles. The summed E-state index contributed by atoms with van der Waals surface area (Å²) in [5, 5.41) is 2.94. The molecule has 0 radical (unpaired) electrons. The highest BCUT2D eigenvalue weighted by Crippen LogP contribution is 2.28. The number of halogens is 1. The van der Waals surface area contributed by atoms with E-state index in [2.05, 4.69) is 27.3 Å². The molecule has 1 saturated heterocycles. The van der Waals surface area contributed by atoms with Gasteiger partial charge in [0.2, 0.25) is 0 Å². The molecule has 1 fully saturated rings. The molecule has 1 aromatic carbocycles. The van der Waals surface area contributed by atoms with E-state index in [1.165, 1.54) is 5.56 Å². The zero-order valence-electron chi connectivity index (χ0n) is 10.0. The van der Waals surface area contributed by atoms with Crippen LogP contribution < -0.4 is 5.32 Å². The average Bonchev–Trinajstić information content (AvgIpc) is 2.76. The quantitative estimate of drug-likeness (QED) is 0.910. The lowest BCUT2D eigenvalue weighted by Gasteiger charge is -2.14. The number of anilines is 1. The van der Waals surface area contributed by atoms with Crippen molar-refractivity contribution in [2.24, 2.45) is 0 Å². The Morgan fingerprint density at radius 1 is 1.47 bits per heavy atom. The Bertz CT molecular complexity index is 416. The van der Waals surface area contributed by atoms with E-state index < -0.39 is 0 Å². The summed E-state index contributed by atoms with van der Waals surface area (Å²) in [5.41, 5.74) is 3.07. The molecule has 1 aromatic rings. The second kappa shape index (κ2) is 5.19. The lowest BCUT2D eigenvalue weighted by Crippen LogP contribution is -2.27. The molecule has 17 heavy (non-hydrogen) atoms. The number of hydrogen-bond donors (Lipinski definition) is 1. The Labute approximate surface area is 110 Å². The molecule has 0 aromatic heterocycles. The number of carbonyl (C=O) groups excluding carboxylic acids is 1. The minimum Gasteiger partial charge on any atom is -0.368 e. The van der Waals surface area contributed by atoms with Gasteiger partial charge in [-0.25, -0.2) is 0 Å². The zero-order chi connectivity index (χ0) is 12.4. The number of hydrogen-bond acceptors (Lipinski definition) is 2. The minimum atomic E-state index is -0.289. The molecular formula is C13H16BrNO2. The normalized spacial score (nSPS) is 19.4. The molecule has 1 atom stereocenters. The summed E-state index contributed by atoms with van der Waals surface area (Å²) < 4.78 is 6.28. The van der Waals surface area contributed by atoms with E-state index in [1.54, 1.807) is 0 Å². The largest absolute Gasteiger partial charge is 0.368 e. The number of carbonyl (C=O) groups is 1. The van der Waals surface area contributed by atoms with Crippen LogP contribution in [0, 0.1) is 13.8 Å². The van der Waals surface area contributed by atoms with Crippen molar-refractivity contribution in [3.05, 3.63) is 27.7 Å². The first-order chi connectivity index (χ1) is 8.08. The van der Waals surface area contributed by atoms with E-state index in [1.807, 2.05) is 19.9 Å². The highest BCUT2D eigenvalue weighted by atomic mass is 79.9. The number of ether oxygens (including phenoxy) is 1. The number of benzene rings is 1. The van der Waals surface area contributed by atoms with E-state index in [4.69, 9.17) is 4.74 Å². The maximum atomic E-state index is 11.9. The highest BCUT2D eigenvalue weighted by molar-refractivity contribution is 9.10. The molecule has 0 bridgehead atoms. The summed E-state index contributed by atoms with van der Waals surface area (Å²) in [6.07, 6.45) is 1.49. The topological polar surface area (TPSA) is 38.3 Å². The molecule has 2 rings (SSSR count). The van der Waals surface area contributed by atoms with Gasteiger partial charge in [-0.05, 0) is 59.8 Å². The van der Waals surface area contributed by atoms with Gasteiger partial charge in [-0.2, -0.15) is 0 Å². The van der Waals surface area contributed by atoms with Crippen LogP contribution in [0.4, 0.5) is 5.69 Å². The Kier molecular flexibility index (Phi) is 3.84. The van der Waals surface area contributed by atoms with Crippen molar-refractivity contribution >= 4 is 27.5 Å². The lowest BCUT2D eigenvalue weighted by atomic mass is 10.1. The van der Waals surface area contributed by atoms with Crippen molar-refractivity contribution in [3.63, 3.8) is 0 Å². The number of nitrogens with one attached hydrogen (secondary N) is 1. The molecule has 1 amide bonds. The third-order valence-electron chi connectivity index (χ3n) is 2.90. The van der Waals surface area contributed by atoms with Crippen LogP contribution in [0.5, 0.6) is 0 Å². The SMILES string of the molecule is Cc1cc(C)c(NC(=O)C2CCCO2)c(Br)c1. The fourth-order valence-corrected chi connectivity index (χ4v) is 2.84. The molecule has 0 aliphatic carbocycles. The lowest BCUT2D eigenvalue weighted by molar-refractivity contribution is -0.124. The first kappa shape index (κ1) is 12.6. The fourth-order valence-electron chi connectivity index (χ4n) is 2.06. The van der Waals surface area contributed by atoms with Gasteiger partial charge >= 0.3 is 0 Å². The summed E-state index contributed by atoms with van der Waals surface area (Å²) >= 11 is 3.48. The molecule has 4 heteroatoms. The van der Waals surface area contributed by atoms with Crippen LogP contribution in [-0.2, 0) is 9.53 Å². The Hall–Kier alpha value is -0.870. The van der Waals surface area contributed by atoms with Crippen LogP contribution in [0.25, 0.3) is 0 Å². The van der Waals surface area contributed by atoms with Gasteiger partial charge in [-0.15, -0.1) is 0 Å². The van der Waals surface area contributed by atoms with Gasteiger partial charge in [0.05, 0.1) is 5.69 Å². The van der Waals surface area contributed by atoms with Gasteiger partial charge in [0.1, 0.15) is 6.10 Å². The van der Waals surface area contributed by atoms with Crippen LogP contribution in [0.15, 0.2) is 16.6 Å². The maximum Gasteiger partial charge on any atom is 0.253 e. The number of amides is 1. The molecule has 1 unspecified atom stereocenters. The predicted molar refractivity (Wildman–Crippen MR) is 71.2 cm³/mol. The van der Waals surface area contributed by atoms with Gasteiger partial charge < -0.3 is 10.1 Å². The van der Waals surface area contributed by atoms with E-state index in [0.29, 0.717) is 6.61 Å². The molecule has 1 heterocycles. The molecule has 92 valence electrons. The second-order valence-electron chi connectivity index (χ2n) is 4.43. The average molecular weight is 298 g/mol. The Morgan fingerprint density at radius 3 is 2.82 bits per heavy atom. The van der Waals surface area contributed by atoms with Crippen molar-refractivity contribution in [1.82, 2.24) is 0 Å². The second-order valence-corrected chi connectivity index (χ2v) is 5.28. The summed E-state index contributed by atoms with van der Waals surface area (Å²) in [5.74, 6) is -0.0462. The van der Waals surface area contributed by atoms with Crippen LogP contribution in [-0.4, -0.2) is 18.6 Å². The van der Waals surface area contributed by atoms with Gasteiger partial charge in [-0.1, -0.05) is 6.07 Å². The van der Waals surface area contributed by atoms with Crippen molar-refractivity contribution in [3.8, 4) is 0 Å². The van der Waals surface area contributed by atoms with E-state index >= 15 is 0 Å². The van der Waals surface area contributed by atoms with Crippen molar-refractivity contribution < 1.29 is 9.53 Å². The van der Waals surface area contributed by atoms with Gasteiger partial charge in [0.15, 0.2) is 0 Å². The summed E-state index contributed by atoms with van der Waals surface area (Å²) in [7, 11) is 0. The summed E-state index contributed by atoms with van der Waals surface area (Å²) in [4.78, 5) is 11.9. The first-order valence-corrected chi connectivity index (χ1v) is 6.56. The van der Waals surface area contributed by atoms with E-state index in [0.717, 1.165) is 28.6 Å². The highest BCUT2D eigenvalue weighted by Gasteiger charge is 2.24. The standard InChI is InChI=1S/C13H16BrNO2/c1-8-6-9(2)12(10(14)7-8)15-13(16)11-4-3-5-17-11/h6-7,11H,3-5H2,1-2H3,(H,15,16). The predicted octanol–water partition coefficient (Wildman–Crippen LogP) is 3.18. The minimum absolute atomic E-state index is 0.0462. The summed E-state index contributed by atoms with van der Waals surface area (Å²) in [6, 6.07) is 4.05. The first-order valence-electron chi connectivity index (χ1n) is 5.77. The molecule has 1 N–H and O–H groups in total. The van der Waals surface area contributed by atoms with Crippen LogP contribution in [0.1, 0.15) is 24.0 Å². The molecule has 1 aliphatic heterocycles. The van der Waals surface area contributed by atoms with Crippen molar-refractivity contribution in [1.29, 1.82) is 0 Å². The maximum absolute atomic E-state index is 11.9. The van der Waals surface area contributed by atoms with Gasteiger partial charge in [-0.3, -0.25) is 4.79 Å². The molecule has 1 aliphatic rings. The zero-order valence-corrected chi connectivity index (χ0v) is 11.6. The van der Waals surface area contributed by atoms with Gasteiger partial charge in [0.25, 0.3) is 5.91 Å². The Balaban J connectivity index is 2.15. The third-order valence-corrected chi connectivity index (χ3v) is 3.53. The monoisotopic (exact) mass is 297 g/mol. The van der Waals surface area contributed by atoms with Crippen molar-refractivity contribution in [2.75, 3.05) is 11.9 Å².